The van der Waals surface area contributed by atoms with Crippen molar-refractivity contribution < 1.29 is 9.90 Å². The average Bonchev–Trinajstić information content (AvgIpc) is 2.17. The molecule has 0 aliphatic rings. The summed E-state index contributed by atoms with van der Waals surface area (Å²) in [6.45, 7) is 7.22. The van der Waals surface area contributed by atoms with Crippen LogP contribution >= 0.6 is 0 Å². The van der Waals surface area contributed by atoms with Crippen LogP contribution in [0.15, 0.2) is 29.0 Å². The Labute approximate surface area is 84.0 Å². The van der Waals surface area contributed by atoms with E-state index in [1.165, 1.54) is 0 Å². The van der Waals surface area contributed by atoms with E-state index in [4.69, 9.17) is 5.11 Å². The van der Waals surface area contributed by atoms with Gasteiger partial charge in [0, 0.05) is 18.4 Å². The Hall–Kier alpha value is -1.58. The number of hydrogen-bond donors (Lipinski definition) is 2. The molecule has 0 bridgehead atoms. The van der Waals surface area contributed by atoms with Crippen molar-refractivity contribution in [3.63, 3.8) is 0 Å². The van der Waals surface area contributed by atoms with E-state index in [-0.39, 0.29) is 0 Å². The van der Waals surface area contributed by atoms with Crippen molar-refractivity contribution in [2.75, 3.05) is 6.54 Å². The molecule has 14 heavy (non-hydrogen) atoms. The first-order valence-corrected chi connectivity index (χ1v) is 4.37. The van der Waals surface area contributed by atoms with Crippen LogP contribution in [-0.2, 0) is 4.79 Å². The number of nitrogens with zero attached hydrogens (tertiary/aromatic N) is 1. The highest BCUT2D eigenvalue weighted by molar-refractivity contribution is 5.69. The van der Waals surface area contributed by atoms with Gasteiger partial charge < -0.3 is 10.4 Å². The van der Waals surface area contributed by atoms with Gasteiger partial charge in [0.25, 0.3) is 0 Å². The molecule has 0 saturated carbocycles. The summed E-state index contributed by atoms with van der Waals surface area (Å²) in [5.74, 6) is -1.21. The molecule has 0 aliphatic heterocycles. The smallest absolute Gasteiger partial charge is 0.308 e. The molecule has 1 unspecified atom stereocenters. The van der Waals surface area contributed by atoms with Gasteiger partial charge in [-0.3, -0.25) is 9.79 Å². The second-order valence-electron chi connectivity index (χ2n) is 2.86. The molecule has 0 heterocycles. The van der Waals surface area contributed by atoms with E-state index in [1.807, 2.05) is 13.0 Å². The fourth-order valence-electron chi connectivity index (χ4n) is 0.748. The molecule has 2 N–H and O–H groups in total. The zero-order valence-electron chi connectivity index (χ0n) is 8.53. The summed E-state index contributed by atoms with van der Waals surface area (Å²) in [4.78, 5) is 14.1. The summed E-state index contributed by atoms with van der Waals surface area (Å²) in [6.07, 6.45) is 5.13. The fourth-order valence-corrected chi connectivity index (χ4v) is 0.748. The first-order valence-electron chi connectivity index (χ1n) is 4.37. The van der Waals surface area contributed by atoms with Gasteiger partial charge in [0.1, 0.15) is 0 Å². The highest BCUT2D eigenvalue weighted by atomic mass is 16.4. The van der Waals surface area contributed by atoms with Gasteiger partial charge in [-0.2, -0.15) is 0 Å². The lowest BCUT2D eigenvalue weighted by Gasteiger charge is -2.09. The molecule has 0 fully saturated rings. The van der Waals surface area contributed by atoms with Crippen molar-refractivity contribution in [2.24, 2.45) is 10.9 Å². The molecule has 0 aromatic rings. The minimum absolute atomic E-state index is 0.399. The molecule has 1 atom stereocenters. The molecule has 0 radical (unpaired) electrons. The van der Waals surface area contributed by atoms with Crippen molar-refractivity contribution in [1.29, 1.82) is 0 Å². The summed E-state index contributed by atoms with van der Waals surface area (Å²) in [5.41, 5.74) is 0.838. The molecule has 78 valence electrons. The number of aliphatic imine (C=N–C) groups is 1. The maximum atomic E-state index is 10.5. The van der Waals surface area contributed by atoms with Crippen molar-refractivity contribution >= 4 is 12.7 Å². The summed E-state index contributed by atoms with van der Waals surface area (Å²) in [7, 11) is 0. The van der Waals surface area contributed by atoms with Crippen LogP contribution in [0.4, 0.5) is 0 Å². The zero-order chi connectivity index (χ0) is 11.0. The van der Waals surface area contributed by atoms with E-state index in [2.05, 4.69) is 17.0 Å². The van der Waals surface area contributed by atoms with E-state index >= 15 is 0 Å². The molecule has 0 aromatic carbocycles. The molecule has 4 heteroatoms. The molecular formula is C10H16N2O2. The van der Waals surface area contributed by atoms with Crippen molar-refractivity contribution in [2.45, 2.75) is 13.8 Å². The summed E-state index contributed by atoms with van der Waals surface area (Å²) >= 11 is 0. The minimum Gasteiger partial charge on any atom is -0.481 e. The number of carbonyl (C=O) groups is 1. The quantitative estimate of drug-likeness (QED) is 0.499. The SMILES string of the molecule is C=N/C=C\C(=C/C)NCC(C)C(=O)O. The third kappa shape index (κ3) is 5.13. The van der Waals surface area contributed by atoms with E-state index < -0.39 is 11.9 Å². The second-order valence-corrected chi connectivity index (χ2v) is 2.86. The molecule has 0 saturated heterocycles. The van der Waals surface area contributed by atoms with E-state index in [1.54, 1.807) is 19.2 Å². The van der Waals surface area contributed by atoms with Crippen LogP contribution in [0.2, 0.25) is 0 Å². The van der Waals surface area contributed by atoms with Crippen LogP contribution in [0.3, 0.4) is 0 Å². The van der Waals surface area contributed by atoms with Gasteiger partial charge in [0.05, 0.1) is 5.92 Å². The van der Waals surface area contributed by atoms with Crippen LogP contribution in [-0.4, -0.2) is 24.3 Å². The highest BCUT2D eigenvalue weighted by Gasteiger charge is 2.09. The predicted octanol–water partition coefficient (Wildman–Crippen LogP) is 1.41. The zero-order valence-corrected chi connectivity index (χ0v) is 8.53. The Kier molecular flexibility index (Phi) is 6.11. The lowest BCUT2D eigenvalue weighted by atomic mass is 10.2. The normalized spacial score (nSPS) is 14.0. The van der Waals surface area contributed by atoms with Gasteiger partial charge >= 0.3 is 5.97 Å². The molecule has 0 aromatic heterocycles. The maximum absolute atomic E-state index is 10.5. The monoisotopic (exact) mass is 196 g/mol. The van der Waals surface area contributed by atoms with Crippen molar-refractivity contribution in [3.05, 3.63) is 24.0 Å². The number of carboxylic acids is 1. The number of allylic oxidation sites excluding steroid dienone is 2. The number of rotatable bonds is 6. The molecular weight excluding hydrogens is 180 g/mol. The minimum atomic E-state index is -0.807. The maximum Gasteiger partial charge on any atom is 0.308 e. The lowest BCUT2D eigenvalue weighted by molar-refractivity contribution is -0.140. The van der Waals surface area contributed by atoms with Gasteiger partial charge in [0.15, 0.2) is 0 Å². The summed E-state index contributed by atoms with van der Waals surface area (Å²) in [6, 6.07) is 0. The van der Waals surface area contributed by atoms with Crippen LogP contribution in [0.1, 0.15) is 13.8 Å². The second kappa shape index (κ2) is 6.88. The summed E-state index contributed by atoms with van der Waals surface area (Å²) < 4.78 is 0. The first-order chi connectivity index (χ1) is 6.61. The Balaban J connectivity index is 4.03. The number of carboxylic acid groups (broad SMARTS) is 1. The van der Waals surface area contributed by atoms with Crippen LogP contribution in [0, 0.1) is 5.92 Å². The van der Waals surface area contributed by atoms with Gasteiger partial charge in [0.2, 0.25) is 0 Å². The molecule has 0 aliphatic carbocycles. The number of hydrogen-bond acceptors (Lipinski definition) is 3. The first kappa shape index (κ1) is 12.4. The fraction of sp³-hybridized carbons (Fsp3) is 0.400. The number of aliphatic carboxylic acids is 1. The predicted molar refractivity (Wildman–Crippen MR) is 57.2 cm³/mol. The third-order valence-electron chi connectivity index (χ3n) is 1.70. The largest absolute Gasteiger partial charge is 0.481 e. The topological polar surface area (TPSA) is 61.7 Å². The Morgan fingerprint density at radius 1 is 1.71 bits per heavy atom. The van der Waals surface area contributed by atoms with Crippen LogP contribution < -0.4 is 5.32 Å². The molecule has 0 spiro atoms. The van der Waals surface area contributed by atoms with Gasteiger partial charge in [-0.05, 0) is 19.7 Å². The van der Waals surface area contributed by atoms with Crippen LogP contribution in [0.5, 0.6) is 0 Å². The van der Waals surface area contributed by atoms with Gasteiger partial charge in [-0.1, -0.05) is 13.0 Å². The van der Waals surface area contributed by atoms with Gasteiger partial charge in [-0.25, -0.2) is 0 Å². The van der Waals surface area contributed by atoms with Crippen molar-refractivity contribution in [3.8, 4) is 0 Å². The summed E-state index contributed by atoms with van der Waals surface area (Å²) in [5, 5.41) is 11.6. The van der Waals surface area contributed by atoms with E-state index in [9.17, 15) is 4.79 Å². The molecule has 4 nitrogen and oxygen atoms in total. The Bertz CT molecular complexity index is 257. The van der Waals surface area contributed by atoms with Gasteiger partial charge in [-0.15, -0.1) is 0 Å². The van der Waals surface area contributed by atoms with E-state index in [0.29, 0.717) is 6.54 Å². The highest BCUT2D eigenvalue weighted by Crippen LogP contribution is 1.97. The Morgan fingerprint density at radius 3 is 2.79 bits per heavy atom. The number of nitrogens with one attached hydrogen (secondary N) is 1. The Morgan fingerprint density at radius 2 is 2.36 bits per heavy atom. The molecule has 0 amide bonds. The molecule has 0 rings (SSSR count). The average molecular weight is 196 g/mol. The van der Waals surface area contributed by atoms with Crippen molar-refractivity contribution in [1.82, 2.24) is 5.32 Å². The standard InChI is InChI=1S/C10H16N2O2/c1-4-9(5-6-11-3)12-7-8(2)10(13)14/h4-6,8,12H,3,7H2,1-2H3,(H,13,14)/b6-5-,9-4+. The lowest BCUT2D eigenvalue weighted by Crippen LogP contribution is -2.25. The third-order valence-corrected chi connectivity index (χ3v) is 1.70. The van der Waals surface area contributed by atoms with Crippen LogP contribution in [0.25, 0.3) is 0 Å². The van der Waals surface area contributed by atoms with E-state index in [0.717, 1.165) is 5.70 Å².